The van der Waals surface area contributed by atoms with E-state index in [4.69, 9.17) is 11.8 Å². The Bertz CT molecular complexity index is 366. The molecule has 4 nitrogen and oxygen atoms in total. The van der Waals surface area contributed by atoms with Gasteiger partial charge < -0.3 is 5.32 Å². The van der Waals surface area contributed by atoms with E-state index in [-0.39, 0.29) is 0 Å². The Labute approximate surface area is 109 Å². The molecular weight excluding hydrogens is 224 g/mol. The van der Waals surface area contributed by atoms with Crippen molar-refractivity contribution in [3.63, 3.8) is 0 Å². The maximum Gasteiger partial charge on any atom is 0.108 e. The second kappa shape index (κ2) is 6.44. The lowest BCUT2D eigenvalue weighted by Crippen LogP contribution is -2.37. The zero-order valence-corrected chi connectivity index (χ0v) is 10.9. The second-order valence-corrected chi connectivity index (χ2v) is 4.99. The van der Waals surface area contributed by atoms with Crippen LogP contribution in [0.4, 0.5) is 0 Å². The maximum absolute atomic E-state index is 7.96. The van der Waals surface area contributed by atoms with Crippen molar-refractivity contribution in [2.45, 2.75) is 51.0 Å². The van der Waals surface area contributed by atoms with E-state index in [1.165, 1.54) is 12.8 Å². The first-order chi connectivity index (χ1) is 8.81. The van der Waals surface area contributed by atoms with Gasteiger partial charge in [-0.05, 0) is 25.7 Å². The molecule has 2 aliphatic heterocycles. The number of aliphatic imine (C=N–C) groups is 1. The molecule has 2 rings (SSSR count). The van der Waals surface area contributed by atoms with Gasteiger partial charge in [0.25, 0.3) is 0 Å². The first kappa shape index (κ1) is 12.9. The molecule has 2 aliphatic rings. The summed E-state index contributed by atoms with van der Waals surface area (Å²) in [6.45, 7) is 1.88. The van der Waals surface area contributed by atoms with Crippen molar-refractivity contribution in [1.29, 1.82) is 5.41 Å². The van der Waals surface area contributed by atoms with Crippen LogP contribution in [0, 0.1) is 17.9 Å². The molecule has 0 aromatic carbocycles. The maximum atomic E-state index is 7.96. The summed E-state index contributed by atoms with van der Waals surface area (Å²) in [5, 5.41) is 11.4. The van der Waals surface area contributed by atoms with Crippen molar-refractivity contribution in [3.8, 4) is 12.5 Å². The van der Waals surface area contributed by atoms with Gasteiger partial charge in [0.2, 0.25) is 0 Å². The third-order valence-electron chi connectivity index (χ3n) is 3.68. The van der Waals surface area contributed by atoms with E-state index in [1.54, 1.807) is 0 Å². The molecule has 1 fully saturated rings. The highest BCUT2D eigenvalue weighted by molar-refractivity contribution is 5.83. The number of likely N-dealkylation sites (tertiary alicyclic amines) is 1. The molecule has 2 heterocycles. The van der Waals surface area contributed by atoms with E-state index in [0.29, 0.717) is 11.9 Å². The van der Waals surface area contributed by atoms with Crippen LogP contribution >= 0.6 is 0 Å². The molecule has 0 spiro atoms. The van der Waals surface area contributed by atoms with Crippen LogP contribution in [0.3, 0.4) is 0 Å². The van der Waals surface area contributed by atoms with E-state index in [9.17, 15) is 0 Å². The molecule has 1 unspecified atom stereocenters. The van der Waals surface area contributed by atoms with Crippen LogP contribution in [0.5, 0.6) is 0 Å². The first-order valence-corrected chi connectivity index (χ1v) is 6.91. The van der Waals surface area contributed by atoms with Gasteiger partial charge in [0.1, 0.15) is 5.84 Å². The van der Waals surface area contributed by atoms with Crippen molar-refractivity contribution in [3.05, 3.63) is 0 Å². The van der Waals surface area contributed by atoms with Gasteiger partial charge in [0, 0.05) is 38.0 Å². The molecule has 0 bridgehead atoms. The van der Waals surface area contributed by atoms with E-state index < -0.39 is 0 Å². The fourth-order valence-corrected chi connectivity index (χ4v) is 2.67. The lowest BCUT2D eigenvalue weighted by Gasteiger charge is -2.26. The van der Waals surface area contributed by atoms with Crippen LogP contribution in [0.25, 0.3) is 0 Å². The van der Waals surface area contributed by atoms with Crippen molar-refractivity contribution in [2.24, 2.45) is 4.99 Å². The largest absolute Gasteiger partial charge is 0.374 e. The predicted octanol–water partition coefficient (Wildman–Crippen LogP) is 1.97. The molecule has 0 aromatic rings. The quantitative estimate of drug-likeness (QED) is 0.748. The highest BCUT2D eigenvalue weighted by atomic mass is 15.2. The van der Waals surface area contributed by atoms with Crippen LogP contribution in [-0.4, -0.2) is 35.7 Å². The third-order valence-corrected chi connectivity index (χ3v) is 3.68. The Balaban J connectivity index is 1.82. The second-order valence-electron chi connectivity index (χ2n) is 4.99. The SMILES string of the molecule is C#CN1C(=N)CCCCC1CCNC1=NCCC1. The topological polar surface area (TPSA) is 51.5 Å². The van der Waals surface area contributed by atoms with E-state index >= 15 is 0 Å². The van der Waals surface area contributed by atoms with Crippen molar-refractivity contribution in [1.82, 2.24) is 10.2 Å². The number of nitrogens with zero attached hydrogens (tertiary/aromatic N) is 2. The molecule has 18 heavy (non-hydrogen) atoms. The fraction of sp³-hybridized carbons (Fsp3) is 0.714. The molecule has 0 saturated carbocycles. The Morgan fingerprint density at radius 3 is 3.00 bits per heavy atom. The van der Waals surface area contributed by atoms with Gasteiger partial charge in [-0.3, -0.25) is 15.3 Å². The average molecular weight is 246 g/mol. The Morgan fingerprint density at radius 1 is 1.39 bits per heavy atom. The van der Waals surface area contributed by atoms with Gasteiger partial charge in [-0.15, -0.1) is 0 Å². The van der Waals surface area contributed by atoms with Crippen LogP contribution in [0.15, 0.2) is 4.99 Å². The molecule has 4 heteroatoms. The highest BCUT2D eigenvalue weighted by Gasteiger charge is 2.22. The van der Waals surface area contributed by atoms with E-state index in [0.717, 1.165) is 51.0 Å². The van der Waals surface area contributed by atoms with Gasteiger partial charge in [-0.1, -0.05) is 12.8 Å². The number of nitrogens with one attached hydrogen (secondary N) is 2. The molecule has 2 N–H and O–H groups in total. The summed E-state index contributed by atoms with van der Waals surface area (Å²) in [7, 11) is 0. The van der Waals surface area contributed by atoms with E-state index in [1.807, 2.05) is 4.90 Å². The minimum Gasteiger partial charge on any atom is -0.374 e. The first-order valence-electron chi connectivity index (χ1n) is 6.91. The lowest BCUT2D eigenvalue weighted by atomic mass is 10.1. The molecule has 1 atom stereocenters. The monoisotopic (exact) mass is 246 g/mol. The number of amidine groups is 2. The van der Waals surface area contributed by atoms with Crippen LogP contribution < -0.4 is 5.32 Å². The highest BCUT2D eigenvalue weighted by Crippen LogP contribution is 2.19. The number of terminal acetylenes is 1. The molecule has 1 saturated heterocycles. The zero-order chi connectivity index (χ0) is 12.8. The van der Waals surface area contributed by atoms with Crippen LogP contribution in [0.1, 0.15) is 44.9 Å². The van der Waals surface area contributed by atoms with Gasteiger partial charge in [0.15, 0.2) is 0 Å². The predicted molar refractivity (Wildman–Crippen MR) is 74.8 cm³/mol. The standard InChI is InChI=1S/C14H22N4/c1-2-18-12(6-3-4-7-13(18)15)9-11-17-14-8-5-10-16-14/h1,12,15H,3-11H2,(H,16,17). The molecule has 98 valence electrons. The van der Waals surface area contributed by atoms with Gasteiger partial charge in [0.05, 0.1) is 5.84 Å². The van der Waals surface area contributed by atoms with Crippen molar-refractivity contribution >= 4 is 11.7 Å². The van der Waals surface area contributed by atoms with Gasteiger partial charge >= 0.3 is 0 Å². The Morgan fingerprint density at radius 2 is 2.28 bits per heavy atom. The minimum absolute atomic E-state index is 0.319. The summed E-state index contributed by atoms with van der Waals surface area (Å²) in [5.41, 5.74) is 0. The number of hydrogen-bond donors (Lipinski definition) is 2. The molecule has 0 aromatic heterocycles. The normalized spacial score (nSPS) is 24.4. The third kappa shape index (κ3) is 3.25. The summed E-state index contributed by atoms with van der Waals surface area (Å²) < 4.78 is 0. The Kier molecular flexibility index (Phi) is 4.63. The number of rotatable bonds is 3. The van der Waals surface area contributed by atoms with Crippen molar-refractivity contribution < 1.29 is 0 Å². The Hall–Kier alpha value is -1.50. The van der Waals surface area contributed by atoms with Gasteiger partial charge in [-0.25, -0.2) is 0 Å². The van der Waals surface area contributed by atoms with Gasteiger partial charge in [-0.2, -0.15) is 0 Å². The smallest absolute Gasteiger partial charge is 0.108 e. The summed E-state index contributed by atoms with van der Waals surface area (Å²) >= 11 is 0. The summed E-state index contributed by atoms with van der Waals surface area (Å²) in [4.78, 5) is 6.22. The number of hydrogen-bond acceptors (Lipinski definition) is 3. The summed E-state index contributed by atoms with van der Waals surface area (Å²) in [6.07, 6.45) is 13.0. The molecule has 0 radical (unpaired) electrons. The zero-order valence-electron chi connectivity index (χ0n) is 10.9. The lowest BCUT2D eigenvalue weighted by molar-refractivity contribution is 0.372. The fourth-order valence-electron chi connectivity index (χ4n) is 2.67. The van der Waals surface area contributed by atoms with Crippen molar-refractivity contribution in [2.75, 3.05) is 13.1 Å². The molecular formula is C14H22N4. The minimum atomic E-state index is 0.319. The van der Waals surface area contributed by atoms with E-state index in [2.05, 4.69) is 16.4 Å². The summed E-state index contributed by atoms with van der Waals surface area (Å²) in [6, 6.07) is 2.99. The molecule has 0 amide bonds. The summed E-state index contributed by atoms with van der Waals surface area (Å²) in [5.74, 6) is 1.75. The molecule has 0 aliphatic carbocycles. The van der Waals surface area contributed by atoms with Crippen LogP contribution in [0.2, 0.25) is 0 Å². The van der Waals surface area contributed by atoms with Crippen LogP contribution in [-0.2, 0) is 0 Å². The average Bonchev–Trinajstić information content (AvgIpc) is 2.81.